The molecule has 0 aliphatic carbocycles. The Hall–Kier alpha value is -2.15. The molecule has 1 unspecified atom stereocenters. The number of rotatable bonds is 4. The molecule has 1 atom stereocenters. The zero-order valence-electron chi connectivity index (χ0n) is 11.6. The molecule has 2 N–H and O–H groups in total. The minimum atomic E-state index is 0.237. The van der Waals surface area contributed by atoms with Gasteiger partial charge in [0.25, 0.3) is 0 Å². The van der Waals surface area contributed by atoms with Crippen molar-refractivity contribution in [3.05, 3.63) is 28.7 Å². The van der Waals surface area contributed by atoms with Crippen LogP contribution >= 0.6 is 11.3 Å². The number of anilines is 2. The summed E-state index contributed by atoms with van der Waals surface area (Å²) in [5.41, 5.74) is 1.53. The summed E-state index contributed by atoms with van der Waals surface area (Å²) in [5, 5.41) is 5.07. The first-order chi connectivity index (χ1) is 9.70. The van der Waals surface area contributed by atoms with E-state index in [0.29, 0.717) is 11.6 Å². The number of thiophene rings is 1. The highest BCUT2D eigenvalue weighted by atomic mass is 32.1. The Morgan fingerprint density at radius 2 is 2.25 bits per heavy atom. The standard InChI is InChI=1S/C13H16N6S/c1-8(9-5-4-6-20-9)19(3)12-10-11(16-7-15-10)17-13(14-2)18-12/h4-8H,1-3H3,(H2,14,15,16,17,18). The van der Waals surface area contributed by atoms with Gasteiger partial charge in [-0.3, -0.25) is 0 Å². The van der Waals surface area contributed by atoms with Crippen molar-refractivity contribution >= 4 is 34.3 Å². The van der Waals surface area contributed by atoms with Crippen LogP contribution in [0.1, 0.15) is 17.8 Å². The van der Waals surface area contributed by atoms with Crippen LogP contribution in [0.3, 0.4) is 0 Å². The minimum Gasteiger partial charge on any atom is -0.357 e. The Labute approximate surface area is 120 Å². The third-order valence-electron chi connectivity index (χ3n) is 3.36. The molecule has 3 aromatic heterocycles. The summed E-state index contributed by atoms with van der Waals surface area (Å²) in [4.78, 5) is 19.7. The van der Waals surface area contributed by atoms with Gasteiger partial charge in [0.15, 0.2) is 11.5 Å². The number of hydrogen-bond acceptors (Lipinski definition) is 6. The fraction of sp³-hybridized carbons (Fsp3) is 0.308. The number of aromatic amines is 1. The second-order valence-corrected chi connectivity index (χ2v) is 5.50. The first-order valence-corrected chi connectivity index (χ1v) is 7.23. The molecule has 0 fully saturated rings. The maximum Gasteiger partial charge on any atom is 0.226 e. The summed E-state index contributed by atoms with van der Waals surface area (Å²) in [5.74, 6) is 1.42. The molecular weight excluding hydrogens is 272 g/mol. The Morgan fingerprint density at radius 3 is 2.95 bits per heavy atom. The van der Waals surface area contributed by atoms with Crippen LogP contribution in [0.2, 0.25) is 0 Å². The van der Waals surface area contributed by atoms with Crippen LogP contribution in [0.4, 0.5) is 11.8 Å². The molecule has 0 aliphatic heterocycles. The summed E-state index contributed by atoms with van der Waals surface area (Å²) < 4.78 is 0. The van der Waals surface area contributed by atoms with Gasteiger partial charge in [0.2, 0.25) is 5.95 Å². The van der Waals surface area contributed by atoms with Gasteiger partial charge >= 0.3 is 0 Å². The number of nitrogens with one attached hydrogen (secondary N) is 2. The Morgan fingerprint density at radius 1 is 1.40 bits per heavy atom. The van der Waals surface area contributed by atoms with Crippen molar-refractivity contribution in [1.82, 2.24) is 19.9 Å². The number of H-pyrrole nitrogens is 1. The van der Waals surface area contributed by atoms with E-state index in [1.807, 2.05) is 7.05 Å². The second kappa shape index (κ2) is 5.09. The summed E-state index contributed by atoms with van der Waals surface area (Å²) in [7, 11) is 3.84. The molecular formula is C13H16N6S. The molecule has 0 saturated carbocycles. The number of nitrogens with zero attached hydrogens (tertiary/aromatic N) is 4. The van der Waals surface area contributed by atoms with Crippen molar-refractivity contribution in [3.8, 4) is 0 Å². The lowest BCUT2D eigenvalue weighted by Gasteiger charge is -2.25. The van der Waals surface area contributed by atoms with Crippen molar-refractivity contribution in [1.29, 1.82) is 0 Å². The molecule has 6 nitrogen and oxygen atoms in total. The lowest BCUT2D eigenvalue weighted by Crippen LogP contribution is -2.22. The lowest BCUT2D eigenvalue weighted by molar-refractivity contribution is 0.744. The summed E-state index contributed by atoms with van der Waals surface area (Å²) in [6.45, 7) is 2.16. The Kier molecular flexibility index (Phi) is 3.27. The van der Waals surface area contributed by atoms with Crippen LogP contribution in [0.15, 0.2) is 23.8 Å². The minimum absolute atomic E-state index is 0.237. The van der Waals surface area contributed by atoms with Gasteiger partial charge in [-0.25, -0.2) is 4.98 Å². The predicted molar refractivity (Wildman–Crippen MR) is 82.4 cm³/mol. The van der Waals surface area contributed by atoms with Crippen molar-refractivity contribution < 1.29 is 0 Å². The van der Waals surface area contributed by atoms with Crippen molar-refractivity contribution in [2.75, 3.05) is 24.3 Å². The van der Waals surface area contributed by atoms with E-state index in [1.165, 1.54) is 4.88 Å². The topological polar surface area (TPSA) is 69.7 Å². The van der Waals surface area contributed by atoms with Crippen molar-refractivity contribution in [2.24, 2.45) is 0 Å². The van der Waals surface area contributed by atoms with Gasteiger partial charge in [0.05, 0.1) is 12.4 Å². The van der Waals surface area contributed by atoms with Gasteiger partial charge in [-0.05, 0) is 18.4 Å². The Bertz CT molecular complexity index is 705. The van der Waals surface area contributed by atoms with E-state index in [1.54, 1.807) is 24.7 Å². The molecule has 0 aliphatic rings. The van der Waals surface area contributed by atoms with E-state index in [9.17, 15) is 0 Å². The molecule has 7 heteroatoms. The molecule has 0 spiro atoms. The van der Waals surface area contributed by atoms with Gasteiger partial charge in [0.1, 0.15) is 5.52 Å². The molecule has 0 bridgehead atoms. The Balaban J connectivity index is 2.06. The lowest BCUT2D eigenvalue weighted by atomic mass is 10.2. The van der Waals surface area contributed by atoms with E-state index < -0.39 is 0 Å². The molecule has 3 rings (SSSR count). The maximum atomic E-state index is 4.56. The molecule has 0 aromatic carbocycles. The highest BCUT2D eigenvalue weighted by molar-refractivity contribution is 7.10. The molecule has 0 saturated heterocycles. The fourth-order valence-electron chi connectivity index (χ4n) is 2.09. The van der Waals surface area contributed by atoms with Crippen molar-refractivity contribution in [3.63, 3.8) is 0 Å². The number of aromatic nitrogens is 4. The molecule has 104 valence electrons. The van der Waals surface area contributed by atoms with E-state index in [2.05, 4.69) is 54.6 Å². The number of imidazole rings is 1. The molecule has 20 heavy (non-hydrogen) atoms. The average Bonchev–Trinajstić information content (AvgIpc) is 3.15. The van der Waals surface area contributed by atoms with Crippen LogP contribution in [-0.4, -0.2) is 34.0 Å². The molecule has 0 amide bonds. The second-order valence-electron chi connectivity index (χ2n) is 4.52. The number of hydrogen-bond donors (Lipinski definition) is 2. The van der Waals surface area contributed by atoms with Crippen LogP contribution in [-0.2, 0) is 0 Å². The smallest absolute Gasteiger partial charge is 0.226 e. The SMILES string of the molecule is CNc1nc(N(C)C(C)c2cccs2)c2[nH]cnc2n1. The summed E-state index contributed by atoms with van der Waals surface area (Å²) >= 11 is 1.74. The van der Waals surface area contributed by atoms with Gasteiger partial charge in [-0.2, -0.15) is 9.97 Å². The van der Waals surface area contributed by atoms with E-state index >= 15 is 0 Å². The quantitative estimate of drug-likeness (QED) is 0.772. The summed E-state index contributed by atoms with van der Waals surface area (Å²) in [6.07, 6.45) is 1.64. The van der Waals surface area contributed by atoms with Crippen molar-refractivity contribution in [2.45, 2.75) is 13.0 Å². The highest BCUT2D eigenvalue weighted by Crippen LogP contribution is 2.30. The summed E-state index contributed by atoms with van der Waals surface area (Å²) in [6, 6.07) is 4.44. The van der Waals surface area contributed by atoms with Gasteiger partial charge < -0.3 is 15.2 Å². The van der Waals surface area contributed by atoms with Gasteiger partial charge in [-0.15, -0.1) is 11.3 Å². The van der Waals surface area contributed by atoms with E-state index in [4.69, 9.17) is 0 Å². The van der Waals surface area contributed by atoms with E-state index in [0.717, 1.165) is 11.3 Å². The van der Waals surface area contributed by atoms with Gasteiger partial charge in [0, 0.05) is 19.0 Å². The zero-order valence-corrected chi connectivity index (χ0v) is 12.4. The largest absolute Gasteiger partial charge is 0.357 e. The first kappa shape index (κ1) is 12.9. The molecule has 3 heterocycles. The van der Waals surface area contributed by atoms with Crippen LogP contribution < -0.4 is 10.2 Å². The molecule has 0 radical (unpaired) electrons. The third-order valence-corrected chi connectivity index (χ3v) is 4.40. The van der Waals surface area contributed by atoms with Gasteiger partial charge in [-0.1, -0.05) is 6.07 Å². The maximum absolute atomic E-state index is 4.56. The monoisotopic (exact) mass is 288 g/mol. The van der Waals surface area contributed by atoms with E-state index in [-0.39, 0.29) is 6.04 Å². The van der Waals surface area contributed by atoms with Crippen LogP contribution in [0, 0.1) is 0 Å². The third kappa shape index (κ3) is 2.09. The fourth-order valence-corrected chi connectivity index (χ4v) is 2.91. The zero-order chi connectivity index (χ0) is 14.1. The van der Waals surface area contributed by atoms with Crippen LogP contribution in [0.5, 0.6) is 0 Å². The predicted octanol–water partition coefficient (Wildman–Crippen LogP) is 2.65. The first-order valence-electron chi connectivity index (χ1n) is 6.36. The average molecular weight is 288 g/mol. The molecule has 3 aromatic rings. The normalized spacial score (nSPS) is 12.6. The van der Waals surface area contributed by atoms with Crippen LogP contribution in [0.25, 0.3) is 11.2 Å². The number of fused-ring (bicyclic) bond motifs is 1. The highest BCUT2D eigenvalue weighted by Gasteiger charge is 2.19.